The normalized spacial score (nSPS) is 12.8. The lowest BCUT2D eigenvalue weighted by molar-refractivity contribution is 0.257. The highest BCUT2D eigenvalue weighted by atomic mass is 35.7. The molecule has 0 bridgehead atoms. The van der Waals surface area contributed by atoms with Gasteiger partial charge in [-0.05, 0) is 47.6 Å². The molecule has 0 aromatic heterocycles. The first kappa shape index (κ1) is 17.6. The number of benzene rings is 3. The Morgan fingerprint density at radius 1 is 0.708 bits per heavy atom. The first-order chi connectivity index (χ1) is 11.8. The fourth-order valence-electron chi connectivity index (χ4n) is 2.95. The summed E-state index contributed by atoms with van der Waals surface area (Å²) in [6, 6.07) is 32.0. The van der Waals surface area contributed by atoms with Crippen molar-refractivity contribution in [1.29, 1.82) is 0 Å². The monoisotopic (exact) mass is 373 g/mol. The molecule has 3 aromatic carbocycles. The number of rotatable bonds is 6. The zero-order valence-electron chi connectivity index (χ0n) is 13.5. The molecule has 1 unspecified atom stereocenters. The summed E-state index contributed by atoms with van der Waals surface area (Å²) in [6.45, 7) is -2.85. The molecule has 0 aliphatic carbocycles. The third-order valence-electron chi connectivity index (χ3n) is 3.95. The van der Waals surface area contributed by atoms with Crippen molar-refractivity contribution in [3.63, 3.8) is 0 Å². The van der Waals surface area contributed by atoms with Gasteiger partial charge in [0.2, 0.25) is 0 Å². The molecule has 1 nitrogen and oxygen atoms in total. The predicted octanol–water partition coefficient (Wildman–Crippen LogP) is 5.14. The van der Waals surface area contributed by atoms with Crippen LogP contribution < -0.4 is 15.9 Å². The van der Waals surface area contributed by atoms with E-state index in [-0.39, 0.29) is 0 Å². The molecule has 4 heteroatoms. The molecular formula is C20H20ClOP2+. The van der Waals surface area contributed by atoms with Gasteiger partial charge in [0.25, 0.3) is 0 Å². The summed E-state index contributed by atoms with van der Waals surface area (Å²) in [5.74, 6) is 0. The summed E-state index contributed by atoms with van der Waals surface area (Å²) in [6.07, 6.45) is 0.573. The van der Waals surface area contributed by atoms with Gasteiger partial charge >= 0.3 is 0 Å². The smallest absolute Gasteiger partial charge is 0.192 e. The maximum atomic E-state index is 7.10. The van der Waals surface area contributed by atoms with Crippen molar-refractivity contribution in [1.82, 2.24) is 0 Å². The lowest BCUT2D eigenvalue weighted by Gasteiger charge is -2.30. The van der Waals surface area contributed by atoms with Crippen LogP contribution in [0.4, 0.5) is 0 Å². The third-order valence-corrected chi connectivity index (χ3v) is 14.9. The van der Waals surface area contributed by atoms with Crippen LogP contribution in [0, 0.1) is 0 Å². The molecule has 24 heavy (non-hydrogen) atoms. The van der Waals surface area contributed by atoms with Crippen molar-refractivity contribution in [3.8, 4) is 0 Å². The van der Waals surface area contributed by atoms with E-state index < -0.39 is 13.9 Å². The Kier molecular flexibility index (Phi) is 6.04. The fourth-order valence-corrected chi connectivity index (χ4v) is 13.8. The Balaban J connectivity index is 2.33. The topological polar surface area (TPSA) is 9.23 Å². The van der Waals surface area contributed by atoms with Gasteiger partial charge in [0, 0.05) is 7.11 Å². The quantitative estimate of drug-likeness (QED) is 0.544. The number of halogens is 1. The molecule has 0 spiro atoms. The molecule has 3 aromatic rings. The lowest BCUT2D eigenvalue weighted by atomic mass is 10.4. The van der Waals surface area contributed by atoms with Gasteiger partial charge in [0.15, 0.2) is 6.96 Å². The van der Waals surface area contributed by atoms with Crippen LogP contribution in [0.25, 0.3) is 0 Å². The van der Waals surface area contributed by atoms with E-state index in [9.17, 15) is 0 Å². The molecule has 0 fully saturated rings. The van der Waals surface area contributed by atoms with E-state index in [1.54, 1.807) is 7.11 Å². The molecule has 0 saturated carbocycles. The van der Waals surface area contributed by atoms with Crippen molar-refractivity contribution in [2.75, 3.05) is 13.5 Å². The number of methoxy groups -OCH3 is 1. The molecular weight excluding hydrogens is 354 g/mol. The number of hydrogen-bond acceptors (Lipinski definition) is 1. The zero-order valence-corrected chi connectivity index (χ0v) is 16.1. The van der Waals surface area contributed by atoms with Crippen LogP contribution in [0.5, 0.6) is 0 Å². The Labute approximate surface area is 150 Å². The molecule has 0 heterocycles. The maximum Gasteiger partial charge on any atom is 0.192 e. The van der Waals surface area contributed by atoms with Crippen LogP contribution in [0.3, 0.4) is 0 Å². The van der Waals surface area contributed by atoms with Crippen LogP contribution in [0.1, 0.15) is 0 Å². The van der Waals surface area contributed by atoms with Crippen molar-refractivity contribution in [2.24, 2.45) is 0 Å². The summed E-state index contributed by atoms with van der Waals surface area (Å²) in [5, 5.41) is 3.92. The van der Waals surface area contributed by atoms with E-state index in [1.807, 2.05) is 0 Å². The fraction of sp³-hybridized carbons (Fsp3) is 0.100. The third kappa shape index (κ3) is 3.28. The Bertz CT molecular complexity index is 654. The molecule has 0 N–H and O–H groups in total. The molecule has 0 aliphatic heterocycles. The molecule has 3 rings (SSSR count). The highest BCUT2D eigenvalue weighted by molar-refractivity contribution is 8.55. The van der Waals surface area contributed by atoms with Crippen LogP contribution >= 0.6 is 25.2 Å². The summed E-state index contributed by atoms with van der Waals surface area (Å²) in [7, 11) is 1.73. The second-order valence-electron chi connectivity index (χ2n) is 5.40. The van der Waals surface area contributed by atoms with Crippen LogP contribution in [-0.2, 0) is 4.74 Å². The molecule has 122 valence electrons. The average Bonchev–Trinajstić information content (AvgIpc) is 2.65. The first-order valence-corrected chi connectivity index (χ1v) is 12.7. The second kappa shape index (κ2) is 8.24. The van der Waals surface area contributed by atoms with Gasteiger partial charge < -0.3 is 4.74 Å². The minimum absolute atomic E-state index is 0.573. The largest absolute Gasteiger partial charge is 0.375 e. The zero-order chi connectivity index (χ0) is 16.8. The average molecular weight is 374 g/mol. The van der Waals surface area contributed by atoms with Crippen molar-refractivity contribution >= 4 is 41.1 Å². The SMILES string of the molecule is COCP(Cl)[P+](c1ccccc1)(c1ccccc1)c1ccccc1. The maximum absolute atomic E-state index is 7.10. The van der Waals surface area contributed by atoms with Gasteiger partial charge in [0.05, 0.1) is 0 Å². The van der Waals surface area contributed by atoms with Crippen molar-refractivity contribution < 1.29 is 4.74 Å². The van der Waals surface area contributed by atoms with E-state index in [0.717, 1.165) is 0 Å². The Morgan fingerprint density at radius 2 is 1.04 bits per heavy atom. The van der Waals surface area contributed by atoms with Gasteiger partial charge in [-0.15, -0.1) is 0 Å². The van der Waals surface area contributed by atoms with Gasteiger partial charge in [-0.3, -0.25) is 0 Å². The van der Waals surface area contributed by atoms with E-state index in [2.05, 4.69) is 91.0 Å². The number of hydrogen-bond donors (Lipinski definition) is 0. The highest BCUT2D eigenvalue weighted by Crippen LogP contribution is 2.83. The van der Waals surface area contributed by atoms with Gasteiger partial charge in [-0.25, -0.2) is 0 Å². The summed E-state index contributed by atoms with van der Waals surface area (Å²) in [4.78, 5) is 0. The summed E-state index contributed by atoms with van der Waals surface area (Å²) >= 11 is 7.10. The number of ether oxygens (including phenoxy) is 1. The molecule has 1 atom stereocenters. The van der Waals surface area contributed by atoms with E-state index in [4.69, 9.17) is 16.0 Å². The second-order valence-corrected chi connectivity index (χ2v) is 14.3. The van der Waals surface area contributed by atoms with Crippen LogP contribution in [0.2, 0.25) is 0 Å². The van der Waals surface area contributed by atoms with Crippen molar-refractivity contribution in [3.05, 3.63) is 91.0 Å². The summed E-state index contributed by atoms with van der Waals surface area (Å²) < 4.78 is 5.50. The van der Waals surface area contributed by atoms with E-state index in [1.165, 1.54) is 15.9 Å². The Hall–Kier alpha value is -1.23. The molecule has 0 amide bonds. The minimum atomic E-state index is -1.96. The predicted molar refractivity (Wildman–Crippen MR) is 110 cm³/mol. The van der Waals surface area contributed by atoms with Crippen molar-refractivity contribution in [2.45, 2.75) is 0 Å². The van der Waals surface area contributed by atoms with E-state index in [0.29, 0.717) is 6.35 Å². The van der Waals surface area contributed by atoms with E-state index >= 15 is 0 Å². The van der Waals surface area contributed by atoms with Crippen LogP contribution in [-0.4, -0.2) is 13.5 Å². The van der Waals surface area contributed by atoms with Gasteiger partial charge in [-0.1, -0.05) is 54.6 Å². The summed E-state index contributed by atoms with van der Waals surface area (Å²) in [5.41, 5.74) is 0. The molecule has 0 radical (unpaired) electrons. The minimum Gasteiger partial charge on any atom is -0.375 e. The standard InChI is InChI=1S/C20H20ClOP2/c1-22-17-23(21)24(18-11-5-2-6-12-18,19-13-7-3-8-14-19)20-15-9-4-10-16-20/h2-16H,17H2,1H3/q+1. The lowest BCUT2D eigenvalue weighted by Crippen LogP contribution is -2.29. The van der Waals surface area contributed by atoms with Gasteiger partial charge in [-0.2, -0.15) is 0 Å². The first-order valence-electron chi connectivity index (χ1n) is 7.79. The Morgan fingerprint density at radius 3 is 1.33 bits per heavy atom. The highest BCUT2D eigenvalue weighted by Gasteiger charge is 2.52. The molecule has 0 saturated heterocycles. The molecule has 0 aliphatic rings. The van der Waals surface area contributed by atoms with Gasteiger partial charge in [0.1, 0.15) is 29.2 Å². The van der Waals surface area contributed by atoms with Crippen LogP contribution in [0.15, 0.2) is 91.0 Å².